The summed E-state index contributed by atoms with van der Waals surface area (Å²) in [6.07, 6.45) is 4.02. The van der Waals surface area contributed by atoms with Gasteiger partial charge < -0.3 is 9.15 Å². The van der Waals surface area contributed by atoms with Gasteiger partial charge in [-0.1, -0.05) is 31.2 Å². The number of fused-ring (bicyclic) bond motifs is 1. The van der Waals surface area contributed by atoms with Crippen LogP contribution in [0.15, 0.2) is 34.9 Å². The predicted octanol–water partition coefficient (Wildman–Crippen LogP) is 3.96. The van der Waals surface area contributed by atoms with Crippen LogP contribution < -0.4 is 0 Å². The van der Waals surface area contributed by atoms with Gasteiger partial charge in [-0.3, -0.25) is 0 Å². The third-order valence-corrected chi connectivity index (χ3v) is 2.97. The van der Waals surface area contributed by atoms with Crippen molar-refractivity contribution in [3.05, 3.63) is 36.3 Å². The third-order valence-electron chi connectivity index (χ3n) is 2.97. The van der Waals surface area contributed by atoms with Gasteiger partial charge in [0.1, 0.15) is 5.76 Å². The van der Waals surface area contributed by atoms with E-state index in [0.29, 0.717) is 5.92 Å². The molecule has 1 heterocycles. The summed E-state index contributed by atoms with van der Waals surface area (Å²) < 4.78 is 10.7. The lowest BCUT2D eigenvalue weighted by atomic mass is 10.00. The molecule has 86 valence electrons. The van der Waals surface area contributed by atoms with Crippen molar-refractivity contribution < 1.29 is 9.15 Å². The third kappa shape index (κ3) is 2.27. The van der Waals surface area contributed by atoms with Crippen LogP contribution in [0, 0.1) is 0 Å². The number of ether oxygens (including phenoxy) is 1. The Morgan fingerprint density at radius 2 is 2.12 bits per heavy atom. The molecule has 1 atom stereocenters. The van der Waals surface area contributed by atoms with Crippen molar-refractivity contribution in [2.75, 3.05) is 13.7 Å². The van der Waals surface area contributed by atoms with Crippen molar-refractivity contribution in [1.82, 2.24) is 0 Å². The van der Waals surface area contributed by atoms with Gasteiger partial charge >= 0.3 is 0 Å². The first-order chi connectivity index (χ1) is 7.83. The minimum atomic E-state index is 0.454. The molecule has 0 aliphatic rings. The SMILES string of the molecule is COCCCC(C)c1occ2ccccc12. The molecule has 0 saturated carbocycles. The maximum atomic E-state index is 5.67. The summed E-state index contributed by atoms with van der Waals surface area (Å²) in [4.78, 5) is 0. The molecule has 2 heteroatoms. The molecule has 0 bridgehead atoms. The highest BCUT2D eigenvalue weighted by atomic mass is 16.5. The Bertz CT molecular complexity index is 445. The maximum Gasteiger partial charge on any atom is 0.114 e. The Labute approximate surface area is 96.2 Å². The molecule has 0 N–H and O–H groups in total. The fourth-order valence-electron chi connectivity index (χ4n) is 2.06. The molecule has 0 amide bonds. The van der Waals surface area contributed by atoms with Crippen LogP contribution >= 0.6 is 0 Å². The first-order valence-electron chi connectivity index (χ1n) is 5.78. The number of hydrogen-bond acceptors (Lipinski definition) is 2. The molecule has 1 aromatic carbocycles. The zero-order valence-electron chi connectivity index (χ0n) is 9.90. The minimum absolute atomic E-state index is 0.454. The summed E-state index contributed by atoms with van der Waals surface area (Å²) in [7, 11) is 1.74. The molecule has 2 aromatic rings. The molecular weight excluding hydrogens is 200 g/mol. The van der Waals surface area contributed by atoms with Crippen molar-refractivity contribution in [3.8, 4) is 0 Å². The first kappa shape index (κ1) is 11.2. The van der Waals surface area contributed by atoms with Gasteiger partial charge in [0.05, 0.1) is 6.26 Å². The minimum Gasteiger partial charge on any atom is -0.468 e. The molecule has 16 heavy (non-hydrogen) atoms. The van der Waals surface area contributed by atoms with E-state index in [2.05, 4.69) is 25.1 Å². The maximum absolute atomic E-state index is 5.67. The predicted molar refractivity (Wildman–Crippen MR) is 65.7 cm³/mol. The van der Waals surface area contributed by atoms with Gasteiger partial charge in [0.2, 0.25) is 0 Å². The Morgan fingerprint density at radius 1 is 1.31 bits per heavy atom. The molecule has 0 radical (unpaired) electrons. The first-order valence-corrected chi connectivity index (χ1v) is 5.78. The van der Waals surface area contributed by atoms with Crippen molar-refractivity contribution in [1.29, 1.82) is 0 Å². The van der Waals surface area contributed by atoms with Gasteiger partial charge in [0.25, 0.3) is 0 Å². The fraction of sp³-hybridized carbons (Fsp3) is 0.429. The lowest BCUT2D eigenvalue weighted by Crippen LogP contribution is -1.96. The highest BCUT2D eigenvalue weighted by Gasteiger charge is 2.12. The molecule has 2 nitrogen and oxygen atoms in total. The van der Waals surface area contributed by atoms with Gasteiger partial charge in [-0.05, 0) is 12.8 Å². The largest absolute Gasteiger partial charge is 0.468 e. The second-order valence-electron chi connectivity index (χ2n) is 4.22. The molecular formula is C14H18O2. The van der Waals surface area contributed by atoms with E-state index >= 15 is 0 Å². The number of furan rings is 1. The van der Waals surface area contributed by atoms with Gasteiger partial charge in [-0.2, -0.15) is 0 Å². The van der Waals surface area contributed by atoms with Gasteiger partial charge in [0, 0.05) is 30.4 Å². The lowest BCUT2D eigenvalue weighted by molar-refractivity contribution is 0.190. The van der Waals surface area contributed by atoms with Crippen LogP contribution in [0.2, 0.25) is 0 Å². The average molecular weight is 218 g/mol. The standard InChI is InChI=1S/C14H18O2/c1-11(6-5-9-15-2)14-13-8-4-3-7-12(13)10-16-14/h3-4,7-8,10-11H,5-6,9H2,1-2H3. The Morgan fingerprint density at radius 3 is 2.94 bits per heavy atom. The number of methoxy groups -OCH3 is 1. The summed E-state index contributed by atoms with van der Waals surface area (Å²) in [5, 5.41) is 2.43. The average Bonchev–Trinajstić information content (AvgIpc) is 2.73. The van der Waals surface area contributed by atoms with Crippen LogP contribution in [-0.2, 0) is 4.74 Å². The highest BCUT2D eigenvalue weighted by molar-refractivity contribution is 5.84. The van der Waals surface area contributed by atoms with Crippen LogP contribution in [0.1, 0.15) is 31.4 Å². The molecule has 2 rings (SSSR count). The second kappa shape index (κ2) is 5.17. The molecule has 0 aliphatic carbocycles. The zero-order valence-corrected chi connectivity index (χ0v) is 9.90. The van der Waals surface area contributed by atoms with Crippen LogP contribution in [0.5, 0.6) is 0 Å². The van der Waals surface area contributed by atoms with Crippen molar-refractivity contribution >= 4 is 10.8 Å². The number of hydrogen-bond donors (Lipinski definition) is 0. The smallest absolute Gasteiger partial charge is 0.114 e. The Hall–Kier alpha value is -1.28. The second-order valence-corrected chi connectivity index (χ2v) is 4.22. The van der Waals surface area contributed by atoms with Gasteiger partial charge in [0.15, 0.2) is 0 Å². The van der Waals surface area contributed by atoms with Crippen molar-refractivity contribution in [2.45, 2.75) is 25.7 Å². The van der Waals surface area contributed by atoms with E-state index in [0.717, 1.165) is 25.2 Å². The molecule has 0 aliphatic heterocycles. The summed E-state index contributed by atoms with van der Waals surface area (Å²) in [6, 6.07) is 8.31. The molecule has 1 unspecified atom stereocenters. The summed E-state index contributed by atoms with van der Waals surface area (Å²) in [5.41, 5.74) is 0. The number of rotatable bonds is 5. The normalized spacial score (nSPS) is 13.1. The molecule has 1 aromatic heterocycles. The van der Waals surface area contributed by atoms with Gasteiger partial charge in [-0.25, -0.2) is 0 Å². The Kier molecular flexibility index (Phi) is 3.62. The van der Waals surface area contributed by atoms with E-state index in [-0.39, 0.29) is 0 Å². The van der Waals surface area contributed by atoms with E-state index in [1.807, 2.05) is 12.3 Å². The summed E-state index contributed by atoms with van der Waals surface area (Å²) in [5.74, 6) is 1.56. The van der Waals surface area contributed by atoms with Crippen LogP contribution in [0.4, 0.5) is 0 Å². The number of benzene rings is 1. The van der Waals surface area contributed by atoms with Crippen LogP contribution in [-0.4, -0.2) is 13.7 Å². The van der Waals surface area contributed by atoms with Crippen molar-refractivity contribution in [2.24, 2.45) is 0 Å². The van der Waals surface area contributed by atoms with Crippen LogP contribution in [0.25, 0.3) is 10.8 Å². The van der Waals surface area contributed by atoms with E-state index in [4.69, 9.17) is 9.15 Å². The summed E-state index contributed by atoms with van der Waals surface area (Å²) in [6.45, 7) is 3.03. The topological polar surface area (TPSA) is 22.4 Å². The van der Waals surface area contributed by atoms with Crippen LogP contribution in [0.3, 0.4) is 0 Å². The fourth-order valence-corrected chi connectivity index (χ4v) is 2.06. The van der Waals surface area contributed by atoms with E-state index in [1.165, 1.54) is 10.8 Å². The lowest BCUT2D eigenvalue weighted by Gasteiger charge is -2.08. The quantitative estimate of drug-likeness (QED) is 0.709. The molecule has 0 fully saturated rings. The molecule has 0 saturated heterocycles. The monoisotopic (exact) mass is 218 g/mol. The Balaban J connectivity index is 2.13. The van der Waals surface area contributed by atoms with E-state index in [9.17, 15) is 0 Å². The van der Waals surface area contributed by atoms with Gasteiger partial charge in [-0.15, -0.1) is 0 Å². The molecule has 0 spiro atoms. The van der Waals surface area contributed by atoms with E-state index < -0.39 is 0 Å². The van der Waals surface area contributed by atoms with Crippen molar-refractivity contribution in [3.63, 3.8) is 0 Å². The highest BCUT2D eigenvalue weighted by Crippen LogP contribution is 2.29. The summed E-state index contributed by atoms with van der Waals surface area (Å²) >= 11 is 0. The zero-order chi connectivity index (χ0) is 11.4. The van der Waals surface area contributed by atoms with E-state index in [1.54, 1.807) is 7.11 Å².